The minimum Gasteiger partial charge on any atom is -0.304 e. The molecule has 1 N–H and O–H groups in total. The van der Waals surface area contributed by atoms with Crippen molar-refractivity contribution in [3.8, 4) is 0 Å². The van der Waals surface area contributed by atoms with Gasteiger partial charge in [0.1, 0.15) is 5.65 Å². The lowest BCUT2D eigenvalue weighted by molar-refractivity contribution is 0.581. The van der Waals surface area contributed by atoms with Crippen molar-refractivity contribution in [2.45, 2.75) is 31.6 Å². The fourth-order valence-corrected chi connectivity index (χ4v) is 3.65. The molecule has 0 saturated heterocycles. The number of hydrogen-bond donors (Lipinski definition) is 1. The van der Waals surface area contributed by atoms with Crippen LogP contribution in [0.2, 0.25) is 0 Å². The Kier molecular flexibility index (Phi) is 4.69. The molecule has 2 aromatic heterocycles. The van der Waals surface area contributed by atoms with Crippen LogP contribution in [0.4, 0.5) is 0 Å². The SMILES string of the molecule is CCc1ccc(S(=O)(=O)NCCc2cn3c(C)cccc3n2)cc1. The van der Waals surface area contributed by atoms with Crippen LogP contribution in [0, 0.1) is 6.92 Å². The first kappa shape index (κ1) is 16.7. The van der Waals surface area contributed by atoms with Gasteiger partial charge in [-0.15, -0.1) is 0 Å². The van der Waals surface area contributed by atoms with Crippen LogP contribution in [0.1, 0.15) is 23.9 Å². The molecule has 2 heterocycles. The predicted molar refractivity (Wildman–Crippen MR) is 94.6 cm³/mol. The third-order valence-corrected chi connectivity index (χ3v) is 5.54. The van der Waals surface area contributed by atoms with Gasteiger partial charge in [-0.1, -0.05) is 25.1 Å². The van der Waals surface area contributed by atoms with Crippen LogP contribution in [0.25, 0.3) is 5.65 Å². The summed E-state index contributed by atoms with van der Waals surface area (Å²) in [4.78, 5) is 4.81. The minimum atomic E-state index is -3.48. The number of nitrogens with zero attached hydrogens (tertiary/aromatic N) is 2. The zero-order chi connectivity index (χ0) is 17.2. The summed E-state index contributed by atoms with van der Waals surface area (Å²) < 4.78 is 29.3. The summed E-state index contributed by atoms with van der Waals surface area (Å²) in [6.45, 7) is 4.38. The first-order valence-electron chi connectivity index (χ1n) is 8.02. The monoisotopic (exact) mass is 343 g/mol. The van der Waals surface area contributed by atoms with Crippen molar-refractivity contribution in [3.63, 3.8) is 0 Å². The van der Waals surface area contributed by atoms with Gasteiger partial charge in [0.05, 0.1) is 10.6 Å². The summed E-state index contributed by atoms with van der Waals surface area (Å²) in [6, 6.07) is 12.9. The molecule has 0 bridgehead atoms. The number of aryl methyl sites for hydroxylation is 2. The van der Waals surface area contributed by atoms with E-state index in [1.807, 2.05) is 54.8 Å². The maximum Gasteiger partial charge on any atom is 0.240 e. The van der Waals surface area contributed by atoms with Crippen LogP contribution in [0.5, 0.6) is 0 Å². The van der Waals surface area contributed by atoms with Gasteiger partial charge in [0, 0.05) is 24.9 Å². The van der Waals surface area contributed by atoms with Gasteiger partial charge in [-0.3, -0.25) is 0 Å². The maximum atomic E-state index is 12.3. The highest BCUT2D eigenvalue weighted by Crippen LogP contribution is 2.12. The summed E-state index contributed by atoms with van der Waals surface area (Å²) >= 11 is 0. The van der Waals surface area contributed by atoms with Crippen molar-refractivity contribution < 1.29 is 8.42 Å². The van der Waals surface area contributed by atoms with E-state index in [1.54, 1.807) is 12.1 Å². The van der Waals surface area contributed by atoms with Gasteiger partial charge < -0.3 is 4.40 Å². The van der Waals surface area contributed by atoms with E-state index in [2.05, 4.69) is 9.71 Å². The largest absolute Gasteiger partial charge is 0.304 e. The van der Waals surface area contributed by atoms with Crippen LogP contribution in [0.3, 0.4) is 0 Å². The molecule has 126 valence electrons. The van der Waals surface area contributed by atoms with Gasteiger partial charge in [-0.05, 0) is 43.2 Å². The van der Waals surface area contributed by atoms with Crippen LogP contribution in [-0.4, -0.2) is 24.3 Å². The van der Waals surface area contributed by atoms with E-state index in [4.69, 9.17) is 0 Å². The van der Waals surface area contributed by atoms with Crippen molar-refractivity contribution in [1.29, 1.82) is 0 Å². The van der Waals surface area contributed by atoms with Crippen LogP contribution < -0.4 is 4.72 Å². The maximum absolute atomic E-state index is 12.3. The van der Waals surface area contributed by atoms with E-state index in [-0.39, 0.29) is 0 Å². The second-order valence-electron chi connectivity index (χ2n) is 5.77. The third kappa shape index (κ3) is 3.49. The van der Waals surface area contributed by atoms with E-state index in [0.717, 1.165) is 29.0 Å². The lowest BCUT2D eigenvalue weighted by Gasteiger charge is -2.06. The summed E-state index contributed by atoms with van der Waals surface area (Å²) in [5.74, 6) is 0. The zero-order valence-corrected chi connectivity index (χ0v) is 14.7. The molecule has 0 amide bonds. The number of nitrogens with one attached hydrogen (secondary N) is 1. The Labute approximate surface area is 142 Å². The molecule has 0 saturated carbocycles. The Morgan fingerprint density at radius 2 is 1.88 bits per heavy atom. The lowest BCUT2D eigenvalue weighted by atomic mass is 10.2. The third-order valence-electron chi connectivity index (χ3n) is 4.06. The number of fused-ring (bicyclic) bond motifs is 1. The molecule has 0 aliphatic carbocycles. The molecule has 0 spiro atoms. The molecule has 24 heavy (non-hydrogen) atoms. The lowest BCUT2D eigenvalue weighted by Crippen LogP contribution is -2.26. The van der Waals surface area contributed by atoms with Crippen LogP contribution >= 0.6 is 0 Å². The molecule has 0 aliphatic heterocycles. The van der Waals surface area contributed by atoms with E-state index in [9.17, 15) is 8.42 Å². The first-order chi connectivity index (χ1) is 11.5. The smallest absolute Gasteiger partial charge is 0.240 e. The minimum absolute atomic E-state index is 0.297. The number of sulfonamides is 1. The topological polar surface area (TPSA) is 63.5 Å². The molecule has 3 rings (SSSR count). The quantitative estimate of drug-likeness (QED) is 0.748. The van der Waals surface area contributed by atoms with E-state index < -0.39 is 10.0 Å². The van der Waals surface area contributed by atoms with Crippen LogP contribution in [-0.2, 0) is 22.9 Å². The Morgan fingerprint density at radius 3 is 2.54 bits per heavy atom. The molecular weight excluding hydrogens is 322 g/mol. The molecule has 6 heteroatoms. The molecule has 5 nitrogen and oxygen atoms in total. The van der Waals surface area contributed by atoms with Crippen molar-refractivity contribution >= 4 is 15.7 Å². The van der Waals surface area contributed by atoms with Gasteiger partial charge in [-0.25, -0.2) is 18.1 Å². The number of pyridine rings is 1. The number of aromatic nitrogens is 2. The van der Waals surface area contributed by atoms with Gasteiger partial charge in [0.25, 0.3) is 0 Å². The second kappa shape index (κ2) is 6.75. The molecule has 0 radical (unpaired) electrons. The Morgan fingerprint density at radius 1 is 1.12 bits per heavy atom. The van der Waals surface area contributed by atoms with E-state index in [0.29, 0.717) is 17.9 Å². The molecule has 0 aliphatic rings. The van der Waals surface area contributed by atoms with Crippen molar-refractivity contribution in [3.05, 3.63) is 65.6 Å². The standard InChI is InChI=1S/C18H21N3O2S/c1-3-15-7-9-17(10-8-15)24(22,23)19-12-11-16-13-21-14(2)5-4-6-18(21)20-16/h4-10,13,19H,3,11-12H2,1-2H3. The summed E-state index contributed by atoms with van der Waals surface area (Å²) in [6.07, 6.45) is 3.39. The van der Waals surface area contributed by atoms with Crippen LogP contribution in [0.15, 0.2) is 53.6 Å². The summed E-state index contributed by atoms with van der Waals surface area (Å²) in [7, 11) is -3.48. The summed E-state index contributed by atoms with van der Waals surface area (Å²) in [5, 5.41) is 0. The van der Waals surface area contributed by atoms with Crippen molar-refractivity contribution in [1.82, 2.24) is 14.1 Å². The molecule has 0 unspecified atom stereocenters. The highest BCUT2D eigenvalue weighted by Gasteiger charge is 2.13. The zero-order valence-electron chi connectivity index (χ0n) is 13.9. The highest BCUT2D eigenvalue weighted by molar-refractivity contribution is 7.89. The van der Waals surface area contributed by atoms with Gasteiger partial charge >= 0.3 is 0 Å². The number of rotatable bonds is 6. The Hall–Kier alpha value is -2.18. The highest BCUT2D eigenvalue weighted by atomic mass is 32.2. The normalized spacial score (nSPS) is 11.9. The molecule has 0 fully saturated rings. The second-order valence-corrected chi connectivity index (χ2v) is 7.54. The summed E-state index contributed by atoms with van der Waals surface area (Å²) in [5.41, 5.74) is 3.97. The van der Waals surface area contributed by atoms with Gasteiger partial charge in [0.15, 0.2) is 0 Å². The van der Waals surface area contributed by atoms with Gasteiger partial charge in [0.2, 0.25) is 10.0 Å². The number of imidazole rings is 1. The van der Waals surface area contributed by atoms with Crippen molar-refractivity contribution in [2.24, 2.45) is 0 Å². The van der Waals surface area contributed by atoms with E-state index >= 15 is 0 Å². The Balaban J connectivity index is 1.66. The van der Waals surface area contributed by atoms with Gasteiger partial charge in [-0.2, -0.15) is 0 Å². The number of hydrogen-bond acceptors (Lipinski definition) is 3. The Bertz CT molecular complexity index is 944. The molecular formula is C18H21N3O2S. The first-order valence-corrected chi connectivity index (χ1v) is 9.50. The fraction of sp³-hybridized carbons (Fsp3) is 0.278. The van der Waals surface area contributed by atoms with Crippen molar-refractivity contribution in [2.75, 3.05) is 6.54 Å². The fourth-order valence-electron chi connectivity index (χ4n) is 2.62. The predicted octanol–water partition coefficient (Wildman–Crippen LogP) is 2.73. The van der Waals surface area contributed by atoms with E-state index in [1.165, 1.54) is 0 Å². The number of benzene rings is 1. The molecule has 1 aromatic carbocycles. The average Bonchev–Trinajstić information content (AvgIpc) is 2.99. The molecule has 3 aromatic rings. The molecule has 0 atom stereocenters. The average molecular weight is 343 g/mol.